The molecule has 10 nitrogen and oxygen atoms in total. The SMILES string of the molecule is C=C[C@H]1[C@H](O[C@H]2O[C@@H](CO)[C@@H](O)[C@H](O)[C@H]2O)OC=C2C(=O)N3CCc4c([nH]c5c(C)cccc45)[C@@H]3C[C@H]21. The van der Waals surface area contributed by atoms with Crippen LogP contribution in [0.2, 0.25) is 0 Å². The predicted molar refractivity (Wildman–Crippen MR) is 131 cm³/mol. The minimum atomic E-state index is -1.57. The molecule has 6 rings (SSSR count). The number of para-hydroxylation sites is 1. The summed E-state index contributed by atoms with van der Waals surface area (Å²) in [4.78, 5) is 19.1. The normalized spacial score (nSPS) is 37.3. The number of aliphatic hydroxyl groups is 4. The van der Waals surface area contributed by atoms with Crippen molar-refractivity contribution in [2.75, 3.05) is 13.2 Å². The molecule has 4 aliphatic heterocycles. The van der Waals surface area contributed by atoms with E-state index in [9.17, 15) is 25.2 Å². The molecule has 0 aliphatic carbocycles. The third kappa shape index (κ3) is 3.74. The second-order valence-corrected chi connectivity index (χ2v) is 10.3. The molecular formula is C27H32N2O8. The van der Waals surface area contributed by atoms with Gasteiger partial charge >= 0.3 is 0 Å². The van der Waals surface area contributed by atoms with Crippen molar-refractivity contribution < 1.29 is 39.4 Å². The number of ether oxygens (including phenoxy) is 3. The number of fused-ring (bicyclic) bond motifs is 6. The molecule has 2 fully saturated rings. The van der Waals surface area contributed by atoms with E-state index in [4.69, 9.17) is 14.2 Å². The summed E-state index contributed by atoms with van der Waals surface area (Å²) >= 11 is 0. The number of hydrogen-bond donors (Lipinski definition) is 5. The smallest absolute Gasteiger partial charge is 0.253 e. The number of carbonyl (C=O) groups excluding carboxylic acids is 1. The van der Waals surface area contributed by atoms with E-state index in [0.29, 0.717) is 18.5 Å². The van der Waals surface area contributed by atoms with Crippen molar-refractivity contribution in [2.45, 2.75) is 62.8 Å². The van der Waals surface area contributed by atoms with Gasteiger partial charge in [0.1, 0.15) is 24.4 Å². The van der Waals surface area contributed by atoms with Crippen molar-refractivity contribution in [2.24, 2.45) is 11.8 Å². The second-order valence-electron chi connectivity index (χ2n) is 10.3. The number of aryl methyl sites for hydroxylation is 1. The van der Waals surface area contributed by atoms with Gasteiger partial charge in [-0.15, -0.1) is 6.58 Å². The van der Waals surface area contributed by atoms with Crippen LogP contribution in [-0.2, 0) is 25.4 Å². The monoisotopic (exact) mass is 512 g/mol. The van der Waals surface area contributed by atoms with Gasteiger partial charge in [-0.2, -0.15) is 0 Å². The molecule has 0 spiro atoms. The first kappa shape index (κ1) is 24.6. The van der Waals surface area contributed by atoms with Crippen molar-refractivity contribution in [3.63, 3.8) is 0 Å². The molecular weight excluding hydrogens is 480 g/mol. The molecule has 10 heteroatoms. The highest BCUT2D eigenvalue weighted by molar-refractivity contribution is 5.96. The molecule has 198 valence electrons. The number of hydrogen-bond acceptors (Lipinski definition) is 8. The molecule has 0 bridgehead atoms. The summed E-state index contributed by atoms with van der Waals surface area (Å²) in [6.07, 6.45) is -3.53. The van der Waals surface area contributed by atoms with Gasteiger partial charge in [-0.05, 0) is 30.9 Å². The van der Waals surface area contributed by atoms with Crippen molar-refractivity contribution in [1.82, 2.24) is 9.88 Å². The Morgan fingerprint density at radius 1 is 1.22 bits per heavy atom. The highest BCUT2D eigenvalue weighted by Crippen LogP contribution is 2.48. The Morgan fingerprint density at radius 3 is 2.78 bits per heavy atom. The molecule has 1 amide bonds. The molecule has 5 N–H and O–H groups in total. The molecule has 2 aromatic rings. The first-order valence-electron chi connectivity index (χ1n) is 12.7. The second kappa shape index (κ2) is 9.23. The maximum atomic E-state index is 13.6. The van der Waals surface area contributed by atoms with Crippen LogP contribution in [-0.4, -0.2) is 86.4 Å². The van der Waals surface area contributed by atoms with Gasteiger partial charge in [0.2, 0.25) is 6.29 Å². The zero-order valence-corrected chi connectivity index (χ0v) is 20.5. The lowest BCUT2D eigenvalue weighted by molar-refractivity contribution is -0.339. The fourth-order valence-corrected chi connectivity index (χ4v) is 6.35. The van der Waals surface area contributed by atoms with Crippen molar-refractivity contribution >= 4 is 16.8 Å². The van der Waals surface area contributed by atoms with Gasteiger partial charge in [0, 0.05) is 35.0 Å². The van der Waals surface area contributed by atoms with Crippen LogP contribution in [0.5, 0.6) is 0 Å². The summed E-state index contributed by atoms with van der Waals surface area (Å²) in [5.41, 5.74) is 5.11. The maximum Gasteiger partial charge on any atom is 0.253 e. The molecule has 4 aliphatic rings. The van der Waals surface area contributed by atoms with Crippen LogP contribution in [0.15, 0.2) is 42.7 Å². The van der Waals surface area contributed by atoms with Crippen LogP contribution in [0.1, 0.15) is 29.3 Å². The summed E-state index contributed by atoms with van der Waals surface area (Å²) in [5, 5.41) is 41.3. The standard InChI is InChI=1S/C27H32N2O8/c1-3-13-16-9-18-21-15(14-6-4-5-12(2)20(14)28-21)7-8-29(18)25(34)17(16)11-35-26(13)37-27-24(33)23(32)22(31)19(10-30)36-27/h3-6,11,13,16,18-19,22-24,26-28,30-33H,1,7-10H2,2H3/t13-,16+,18+,19+,22-,23+,24-,26+,27-/m1/s1. The summed E-state index contributed by atoms with van der Waals surface area (Å²) < 4.78 is 17.2. The fourth-order valence-electron chi connectivity index (χ4n) is 6.35. The lowest BCUT2D eigenvalue weighted by atomic mass is 9.74. The van der Waals surface area contributed by atoms with E-state index < -0.39 is 49.5 Å². The molecule has 0 radical (unpaired) electrons. The number of aromatic amines is 1. The minimum Gasteiger partial charge on any atom is -0.471 e. The Hall–Kier alpha value is -2.73. The van der Waals surface area contributed by atoms with E-state index >= 15 is 0 Å². The Kier molecular flexibility index (Phi) is 6.14. The van der Waals surface area contributed by atoms with Crippen LogP contribution >= 0.6 is 0 Å². The Bertz CT molecular complexity index is 1250. The quantitative estimate of drug-likeness (QED) is 0.378. The van der Waals surface area contributed by atoms with E-state index in [-0.39, 0.29) is 17.9 Å². The summed E-state index contributed by atoms with van der Waals surface area (Å²) in [7, 11) is 0. The van der Waals surface area contributed by atoms with Gasteiger partial charge in [0.05, 0.1) is 24.5 Å². The van der Waals surface area contributed by atoms with Gasteiger partial charge in [-0.25, -0.2) is 0 Å². The Labute approximate surface area is 213 Å². The number of carbonyl (C=O) groups is 1. The van der Waals surface area contributed by atoms with Crippen LogP contribution < -0.4 is 0 Å². The molecule has 2 saturated heterocycles. The molecule has 1 aromatic heterocycles. The molecule has 5 heterocycles. The predicted octanol–water partition coefficient (Wildman–Crippen LogP) is 0.781. The first-order valence-corrected chi connectivity index (χ1v) is 12.7. The third-order valence-corrected chi connectivity index (χ3v) is 8.38. The van der Waals surface area contributed by atoms with Gasteiger partial charge in [-0.3, -0.25) is 4.79 Å². The maximum absolute atomic E-state index is 13.6. The van der Waals surface area contributed by atoms with E-state index in [2.05, 4.69) is 36.7 Å². The van der Waals surface area contributed by atoms with Crippen LogP contribution in [0.25, 0.3) is 10.9 Å². The molecule has 0 unspecified atom stereocenters. The number of amides is 1. The minimum absolute atomic E-state index is 0.0829. The number of nitrogens with one attached hydrogen (secondary N) is 1. The molecule has 37 heavy (non-hydrogen) atoms. The third-order valence-electron chi connectivity index (χ3n) is 8.38. The lowest BCUT2D eigenvalue weighted by Crippen LogP contribution is -2.60. The van der Waals surface area contributed by atoms with Crippen LogP contribution in [0.4, 0.5) is 0 Å². The highest BCUT2D eigenvalue weighted by atomic mass is 16.8. The molecule has 0 saturated carbocycles. The number of piperidine rings is 1. The first-order chi connectivity index (χ1) is 17.8. The number of nitrogens with zero attached hydrogens (tertiary/aromatic N) is 1. The summed E-state index contributed by atoms with van der Waals surface area (Å²) in [6.45, 7) is 6.09. The van der Waals surface area contributed by atoms with Crippen LogP contribution in [0, 0.1) is 18.8 Å². The van der Waals surface area contributed by atoms with Gasteiger partial charge in [0.15, 0.2) is 6.29 Å². The molecule has 9 atom stereocenters. The zero-order valence-electron chi connectivity index (χ0n) is 20.5. The Morgan fingerprint density at radius 2 is 2.03 bits per heavy atom. The van der Waals surface area contributed by atoms with Crippen molar-refractivity contribution in [3.05, 3.63) is 59.5 Å². The van der Waals surface area contributed by atoms with E-state index in [0.717, 1.165) is 23.2 Å². The summed E-state index contributed by atoms with van der Waals surface area (Å²) in [6, 6.07) is 6.10. The van der Waals surface area contributed by atoms with Gasteiger partial charge in [0.25, 0.3) is 5.91 Å². The van der Waals surface area contributed by atoms with E-state index in [1.807, 2.05) is 4.90 Å². The largest absolute Gasteiger partial charge is 0.471 e. The van der Waals surface area contributed by atoms with Gasteiger partial charge < -0.3 is 44.5 Å². The van der Waals surface area contributed by atoms with Gasteiger partial charge in [-0.1, -0.05) is 24.3 Å². The number of benzene rings is 1. The number of rotatable bonds is 4. The summed E-state index contributed by atoms with van der Waals surface area (Å²) in [5.74, 6) is -0.788. The highest BCUT2D eigenvalue weighted by Gasteiger charge is 2.51. The number of H-pyrrole nitrogens is 1. The zero-order chi connectivity index (χ0) is 26.0. The van der Waals surface area contributed by atoms with E-state index in [1.54, 1.807) is 6.08 Å². The molecule has 1 aromatic carbocycles. The average molecular weight is 513 g/mol. The number of aliphatic hydroxyl groups excluding tert-OH is 4. The average Bonchev–Trinajstić information content (AvgIpc) is 3.29. The fraction of sp³-hybridized carbons (Fsp3) is 0.519. The van der Waals surface area contributed by atoms with Crippen LogP contribution in [0.3, 0.4) is 0 Å². The lowest BCUT2D eigenvalue weighted by Gasteiger charge is -2.48. The van der Waals surface area contributed by atoms with Crippen molar-refractivity contribution in [1.29, 1.82) is 0 Å². The number of aromatic nitrogens is 1. The Balaban J connectivity index is 1.29. The van der Waals surface area contributed by atoms with Crippen molar-refractivity contribution in [3.8, 4) is 0 Å². The van der Waals surface area contributed by atoms with E-state index in [1.165, 1.54) is 17.2 Å². The topological polar surface area (TPSA) is 145 Å².